The SMILES string of the molecule is COc1cccc(NC(=O)C[NH+](C)[C@@H](C)C(=O)NC23CC4CC(CC(C4)C2)C3)c1. The average molecular weight is 401 g/mol. The van der Waals surface area contributed by atoms with Crippen LogP contribution in [-0.2, 0) is 9.59 Å². The lowest BCUT2D eigenvalue weighted by atomic mass is 9.53. The van der Waals surface area contributed by atoms with Gasteiger partial charge in [0.1, 0.15) is 5.75 Å². The molecule has 4 aliphatic rings. The summed E-state index contributed by atoms with van der Waals surface area (Å²) < 4.78 is 5.19. The summed E-state index contributed by atoms with van der Waals surface area (Å²) in [5.41, 5.74) is 0.719. The van der Waals surface area contributed by atoms with Crippen LogP contribution in [0.15, 0.2) is 24.3 Å². The van der Waals surface area contributed by atoms with Crippen LogP contribution in [0.25, 0.3) is 0 Å². The Balaban J connectivity index is 1.31. The molecule has 4 bridgehead atoms. The summed E-state index contributed by atoms with van der Waals surface area (Å²) in [5.74, 6) is 3.08. The van der Waals surface area contributed by atoms with Gasteiger partial charge in [0.25, 0.3) is 11.8 Å². The summed E-state index contributed by atoms with van der Waals surface area (Å²) in [6.45, 7) is 2.16. The molecule has 0 aliphatic heterocycles. The van der Waals surface area contributed by atoms with E-state index in [1.807, 2.05) is 32.2 Å². The fraction of sp³-hybridized carbons (Fsp3) is 0.652. The largest absolute Gasteiger partial charge is 0.497 e. The van der Waals surface area contributed by atoms with Crippen LogP contribution in [0.1, 0.15) is 45.4 Å². The third-order valence-corrected chi connectivity index (χ3v) is 7.35. The maximum absolute atomic E-state index is 13.0. The van der Waals surface area contributed by atoms with Crippen molar-refractivity contribution >= 4 is 17.5 Å². The Hall–Kier alpha value is -2.08. The Morgan fingerprint density at radius 2 is 1.79 bits per heavy atom. The molecule has 4 aliphatic carbocycles. The minimum Gasteiger partial charge on any atom is -0.497 e. The van der Waals surface area contributed by atoms with E-state index in [4.69, 9.17) is 4.74 Å². The number of benzene rings is 1. The molecular formula is C23H34N3O3+. The number of quaternary nitrogens is 1. The summed E-state index contributed by atoms with van der Waals surface area (Å²) >= 11 is 0. The van der Waals surface area contributed by atoms with Gasteiger partial charge in [0, 0.05) is 17.3 Å². The summed E-state index contributed by atoms with van der Waals surface area (Å²) in [6.07, 6.45) is 7.52. The van der Waals surface area contributed by atoms with Gasteiger partial charge in [-0.2, -0.15) is 0 Å². The van der Waals surface area contributed by atoms with Crippen LogP contribution >= 0.6 is 0 Å². The topological polar surface area (TPSA) is 71.9 Å². The van der Waals surface area contributed by atoms with Crippen molar-refractivity contribution in [3.8, 4) is 5.75 Å². The number of ether oxygens (including phenoxy) is 1. The smallest absolute Gasteiger partial charge is 0.279 e. The second kappa shape index (κ2) is 7.98. The van der Waals surface area contributed by atoms with Crippen LogP contribution in [-0.4, -0.2) is 44.1 Å². The van der Waals surface area contributed by atoms with Crippen LogP contribution in [0.4, 0.5) is 5.69 Å². The number of hydrogen-bond donors (Lipinski definition) is 3. The van der Waals surface area contributed by atoms with Gasteiger partial charge in [-0.1, -0.05) is 6.07 Å². The molecule has 4 saturated carbocycles. The minimum absolute atomic E-state index is 0.0171. The molecule has 1 unspecified atom stereocenters. The summed E-state index contributed by atoms with van der Waals surface area (Å²) in [4.78, 5) is 26.4. The quantitative estimate of drug-likeness (QED) is 0.651. The third-order valence-electron chi connectivity index (χ3n) is 7.35. The Labute approximate surface area is 173 Å². The first-order valence-electron chi connectivity index (χ1n) is 10.9. The highest BCUT2D eigenvalue weighted by atomic mass is 16.5. The van der Waals surface area contributed by atoms with Gasteiger partial charge in [-0.15, -0.1) is 0 Å². The number of carbonyl (C=O) groups is 2. The molecule has 1 aromatic rings. The van der Waals surface area contributed by atoms with E-state index in [-0.39, 0.29) is 29.9 Å². The summed E-state index contributed by atoms with van der Waals surface area (Å²) in [6, 6.07) is 7.03. The molecule has 6 nitrogen and oxygen atoms in total. The molecule has 1 aromatic carbocycles. The number of amides is 2. The van der Waals surface area contributed by atoms with Crippen LogP contribution in [0.2, 0.25) is 0 Å². The van der Waals surface area contributed by atoms with Crippen LogP contribution in [0.3, 0.4) is 0 Å². The van der Waals surface area contributed by atoms with Crippen molar-refractivity contribution in [2.45, 2.75) is 57.0 Å². The first kappa shape index (κ1) is 20.2. The number of hydrogen-bond acceptors (Lipinski definition) is 3. The van der Waals surface area contributed by atoms with Gasteiger partial charge in [0.15, 0.2) is 12.6 Å². The zero-order valence-electron chi connectivity index (χ0n) is 17.8. The Morgan fingerprint density at radius 3 is 2.38 bits per heavy atom. The highest BCUT2D eigenvalue weighted by Crippen LogP contribution is 2.55. The molecule has 4 fully saturated rings. The zero-order chi connectivity index (χ0) is 20.6. The van der Waals surface area contributed by atoms with Crippen molar-refractivity contribution in [2.75, 3.05) is 26.0 Å². The van der Waals surface area contributed by atoms with E-state index >= 15 is 0 Å². The Bertz CT molecular complexity index is 743. The van der Waals surface area contributed by atoms with Gasteiger partial charge in [-0.05, 0) is 75.3 Å². The molecule has 2 amide bonds. The Kier molecular flexibility index (Phi) is 5.56. The van der Waals surface area contributed by atoms with Crippen molar-refractivity contribution in [1.29, 1.82) is 0 Å². The molecule has 0 spiro atoms. The zero-order valence-corrected chi connectivity index (χ0v) is 17.8. The number of rotatable bonds is 7. The Morgan fingerprint density at radius 1 is 1.17 bits per heavy atom. The highest BCUT2D eigenvalue weighted by Gasteiger charge is 2.52. The van der Waals surface area contributed by atoms with E-state index < -0.39 is 0 Å². The summed E-state index contributed by atoms with van der Waals surface area (Å²) in [5, 5.41) is 6.33. The van der Waals surface area contributed by atoms with Crippen molar-refractivity contribution in [2.24, 2.45) is 17.8 Å². The fourth-order valence-corrected chi connectivity index (χ4v) is 6.17. The standard InChI is InChI=1S/C23H33N3O3/c1-15(26(2)14-21(27)24-19-5-4-6-20(10-19)29-3)22(28)25-23-11-16-7-17(12-23)9-18(8-16)13-23/h4-6,10,15-18H,7-9,11-14H2,1-3H3,(H,24,27)(H,25,28)/p+1/t15-,16?,17?,18?,23?/m0/s1. The first-order valence-corrected chi connectivity index (χ1v) is 10.9. The van der Waals surface area contributed by atoms with E-state index in [1.165, 1.54) is 19.3 Å². The molecule has 2 atom stereocenters. The molecular weight excluding hydrogens is 366 g/mol. The van der Waals surface area contributed by atoms with Gasteiger partial charge in [0.05, 0.1) is 14.2 Å². The van der Waals surface area contributed by atoms with Crippen LogP contribution in [0, 0.1) is 17.8 Å². The number of carbonyl (C=O) groups excluding carboxylic acids is 2. The predicted octanol–water partition coefficient (Wildman–Crippen LogP) is 1.62. The van der Waals surface area contributed by atoms with E-state index in [9.17, 15) is 9.59 Å². The second-order valence-corrected chi connectivity index (χ2v) is 9.71. The molecule has 158 valence electrons. The lowest BCUT2D eigenvalue weighted by Gasteiger charge is -2.57. The fourth-order valence-electron chi connectivity index (χ4n) is 6.17. The predicted molar refractivity (Wildman–Crippen MR) is 112 cm³/mol. The van der Waals surface area contributed by atoms with Gasteiger partial charge >= 0.3 is 0 Å². The van der Waals surface area contributed by atoms with Gasteiger partial charge in [-0.3, -0.25) is 9.59 Å². The van der Waals surface area contributed by atoms with E-state index in [1.54, 1.807) is 13.2 Å². The molecule has 0 aromatic heterocycles. The summed E-state index contributed by atoms with van der Waals surface area (Å²) in [7, 11) is 3.51. The van der Waals surface area contributed by atoms with E-state index in [0.717, 1.165) is 41.9 Å². The molecule has 0 radical (unpaired) electrons. The molecule has 0 saturated heterocycles. The number of nitrogens with one attached hydrogen (secondary N) is 3. The van der Waals surface area contributed by atoms with Crippen molar-refractivity contribution in [3.63, 3.8) is 0 Å². The third kappa shape index (κ3) is 4.42. The number of methoxy groups -OCH3 is 1. The maximum atomic E-state index is 13.0. The van der Waals surface area contributed by atoms with Gasteiger partial charge < -0.3 is 20.3 Å². The van der Waals surface area contributed by atoms with E-state index in [2.05, 4.69) is 10.6 Å². The highest BCUT2D eigenvalue weighted by molar-refractivity contribution is 5.91. The van der Waals surface area contributed by atoms with Crippen LogP contribution < -0.4 is 20.3 Å². The minimum atomic E-state index is -0.265. The monoisotopic (exact) mass is 400 g/mol. The second-order valence-electron chi connectivity index (χ2n) is 9.71. The van der Waals surface area contributed by atoms with Crippen molar-refractivity contribution in [3.05, 3.63) is 24.3 Å². The number of likely N-dealkylation sites (N-methyl/N-ethyl adjacent to an activating group) is 1. The average Bonchev–Trinajstić information content (AvgIpc) is 2.65. The van der Waals surface area contributed by atoms with Crippen molar-refractivity contribution in [1.82, 2.24) is 5.32 Å². The first-order chi connectivity index (χ1) is 13.9. The molecule has 0 heterocycles. The maximum Gasteiger partial charge on any atom is 0.279 e. The van der Waals surface area contributed by atoms with E-state index in [0.29, 0.717) is 11.4 Å². The number of anilines is 1. The lowest BCUT2D eigenvalue weighted by Crippen LogP contribution is -3.15. The van der Waals surface area contributed by atoms with Gasteiger partial charge in [0.2, 0.25) is 0 Å². The molecule has 29 heavy (non-hydrogen) atoms. The normalized spacial score (nSPS) is 31.8. The van der Waals surface area contributed by atoms with Gasteiger partial charge in [-0.25, -0.2) is 0 Å². The van der Waals surface area contributed by atoms with Crippen molar-refractivity contribution < 1.29 is 19.2 Å². The molecule has 6 heteroatoms. The van der Waals surface area contributed by atoms with Crippen LogP contribution in [0.5, 0.6) is 5.75 Å². The molecule has 5 rings (SSSR count). The lowest BCUT2D eigenvalue weighted by molar-refractivity contribution is -0.885. The molecule has 3 N–H and O–H groups in total.